The molecule has 0 aromatic carbocycles. The van der Waals surface area contributed by atoms with E-state index >= 15 is 0 Å². The van der Waals surface area contributed by atoms with Crippen molar-refractivity contribution >= 4 is 12.1 Å². The number of aromatic nitrogens is 2. The number of carbonyl (C=O) groups is 2. The maximum absolute atomic E-state index is 12.1. The Hall–Kier alpha value is -2.09. The minimum Gasteiger partial charge on any atom is -0.462 e. The number of ether oxygens (including phenoxy) is 2. The van der Waals surface area contributed by atoms with Crippen LogP contribution in [0.1, 0.15) is 50.9 Å². The molecule has 1 aromatic rings. The monoisotopic (exact) mass is 353 g/mol. The molecule has 25 heavy (non-hydrogen) atoms. The average molecular weight is 353 g/mol. The molecule has 0 bridgehead atoms. The van der Waals surface area contributed by atoms with Crippen LogP contribution >= 0.6 is 0 Å². The summed E-state index contributed by atoms with van der Waals surface area (Å²) in [6.45, 7) is 8.60. The topological polar surface area (TPSA) is 93.9 Å². The van der Waals surface area contributed by atoms with Crippen molar-refractivity contribution in [3.8, 4) is 0 Å². The molecule has 1 aliphatic rings. The first-order chi connectivity index (χ1) is 11.6. The highest BCUT2D eigenvalue weighted by atomic mass is 16.6. The first-order valence-corrected chi connectivity index (χ1v) is 8.52. The summed E-state index contributed by atoms with van der Waals surface area (Å²) in [6.07, 6.45) is 3.47. The Morgan fingerprint density at radius 3 is 2.52 bits per heavy atom. The molecule has 8 heteroatoms. The summed E-state index contributed by atoms with van der Waals surface area (Å²) in [5, 5.41) is 14.9. The molecule has 0 atom stereocenters. The molecule has 8 nitrogen and oxygen atoms in total. The fourth-order valence-electron chi connectivity index (χ4n) is 2.66. The number of esters is 1. The van der Waals surface area contributed by atoms with Gasteiger partial charge in [0.15, 0.2) is 0 Å². The molecule has 1 fully saturated rings. The normalized spacial score (nSPS) is 17.2. The Labute approximate surface area is 147 Å². The van der Waals surface area contributed by atoms with Gasteiger partial charge in [-0.3, -0.25) is 4.68 Å². The molecule has 0 aliphatic carbocycles. The Balaban J connectivity index is 1.90. The fraction of sp³-hybridized carbons (Fsp3) is 0.706. The van der Waals surface area contributed by atoms with Gasteiger partial charge >= 0.3 is 12.1 Å². The highest BCUT2D eigenvalue weighted by molar-refractivity contribution is 5.88. The van der Waals surface area contributed by atoms with Crippen LogP contribution in [0.3, 0.4) is 0 Å². The Bertz CT molecular complexity index is 612. The molecule has 140 valence electrons. The van der Waals surface area contributed by atoms with Gasteiger partial charge in [-0.15, -0.1) is 0 Å². The second kappa shape index (κ2) is 7.43. The summed E-state index contributed by atoms with van der Waals surface area (Å²) in [7, 11) is 0. The molecule has 1 N–H and O–H groups in total. The van der Waals surface area contributed by atoms with E-state index in [1.165, 1.54) is 10.9 Å². The van der Waals surface area contributed by atoms with Crippen molar-refractivity contribution in [2.24, 2.45) is 0 Å². The van der Waals surface area contributed by atoms with Crippen LogP contribution in [0.25, 0.3) is 0 Å². The number of rotatable bonds is 4. The SMILES string of the molecule is CCOC(=O)c1cnn(CC2(O)CCN(C(=O)OC(C)(C)C)CC2)c1. The van der Waals surface area contributed by atoms with Crippen molar-refractivity contribution in [3.63, 3.8) is 0 Å². The minimum atomic E-state index is -0.976. The van der Waals surface area contributed by atoms with Crippen LogP contribution in [0.5, 0.6) is 0 Å². The van der Waals surface area contributed by atoms with E-state index in [0.29, 0.717) is 38.1 Å². The van der Waals surface area contributed by atoms with Crippen molar-refractivity contribution < 1.29 is 24.2 Å². The highest BCUT2D eigenvalue weighted by Crippen LogP contribution is 2.25. The van der Waals surface area contributed by atoms with Gasteiger partial charge in [0.25, 0.3) is 0 Å². The van der Waals surface area contributed by atoms with Crippen molar-refractivity contribution in [1.82, 2.24) is 14.7 Å². The summed E-state index contributed by atoms with van der Waals surface area (Å²) in [6, 6.07) is 0. The summed E-state index contributed by atoms with van der Waals surface area (Å²) in [5.74, 6) is -0.430. The number of hydrogen-bond acceptors (Lipinski definition) is 6. The number of amides is 1. The van der Waals surface area contributed by atoms with Crippen LogP contribution in [0, 0.1) is 0 Å². The van der Waals surface area contributed by atoms with Gasteiger partial charge in [-0.1, -0.05) is 0 Å². The summed E-state index contributed by atoms with van der Waals surface area (Å²) in [5.41, 5.74) is -1.16. The Kier molecular flexibility index (Phi) is 5.72. The van der Waals surface area contributed by atoms with Gasteiger partial charge in [-0.25, -0.2) is 9.59 Å². The molecule has 1 aliphatic heterocycles. The molecule has 0 spiro atoms. The number of aliphatic hydroxyl groups is 1. The van der Waals surface area contributed by atoms with E-state index < -0.39 is 17.2 Å². The van der Waals surface area contributed by atoms with Gasteiger partial charge in [0.05, 0.1) is 30.5 Å². The molecule has 2 rings (SSSR count). The van der Waals surface area contributed by atoms with E-state index in [1.54, 1.807) is 18.0 Å². The van der Waals surface area contributed by atoms with E-state index in [2.05, 4.69) is 5.10 Å². The lowest BCUT2D eigenvalue weighted by atomic mass is 9.91. The Morgan fingerprint density at radius 1 is 1.32 bits per heavy atom. The second-order valence-electron chi connectivity index (χ2n) is 7.34. The van der Waals surface area contributed by atoms with E-state index in [9.17, 15) is 14.7 Å². The zero-order valence-electron chi connectivity index (χ0n) is 15.3. The van der Waals surface area contributed by atoms with E-state index in [-0.39, 0.29) is 12.6 Å². The van der Waals surface area contributed by atoms with Crippen LogP contribution in [-0.4, -0.2) is 62.7 Å². The van der Waals surface area contributed by atoms with E-state index in [1.807, 2.05) is 20.8 Å². The van der Waals surface area contributed by atoms with Crippen LogP contribution in [0.15, 0.2) is 12.4 Å². The lowest BCUT2D eigenvalue weighted by Gasteiger charge is -2.38. The largest absolute Gasteiger partial charge is 0.462 e. The minimum absolute atomic E-state index is 0.258. The second-order valence-corrected chi connectivity index (χ2v) is 7.34. The zero-order valence-corrected chi connectivity index (χ0v) is 15.3. The third-order valence-electron chi connectivity index (χ3n) is 3.95. The highest BCUT2D eigenvalue weighted by Gasteiger charge is 2.36. The molecule has 0 saturated carbocycles. The molecule has 1 amide bonds. The van der Waals surface area contributed by atoms with Crippen LogP contribution in [-0.2, 0) is 16.0 Å². The third-order valence-corrected chi connectivity index (χ3v) is 3.95. The van der Waals surface area contributed by atoms with Crippen LogP contribution < -0.4 is 0 Å². The average Bonchev–Trinajstić information content (AvgIpc) is 2.94. The maximum atomic E-state index is 12.1. The number of piperidine rings is 1. The molecule has 0 radical (unpaired) electrons. The molecule has 1 saturated heterocycles. The standard InChI is InChI=1S/C17H27N3O5/c1-5-24-14(21)13-10-18-20(11-13)12-17(23)6-8-19(9-7-17)15(22)25-16(2,3)4/h10-11,23H,5-9,12H2,1-4H3. The smallest absolute Gasteiger partial charge is 0.410 e. The van der Waals surface area contributed by atoms with Crippen LogP contribution in [0.2, 0.25) is 0 Å². The predicted octanol–water partition coefficient (Wildman–Crippen LogP) is 1.82. The Morgan fingerprint density at radius 2 is 1.96 bits per heavy atom. The van der Waals surface area contributed by atoms with Crippen LogP contribution in [0.4, 0.5) is 4.79 Å². The van der Waals surface area contributed by atoms with E-state index in [4.69, 9.17) is 9.47 Å². The number of carbonyl (C=O) groups excluding carboxylic acids is 2. The summed E-state index contributed by atoms with van der Waals surface area (Å²) < 4.78 is 11.8. The van der Waals surface area contributed by atoms with Crippen molar-refractivity contribution in [2.45, 2.75) is 58.3 Å². The third kappa shape index (κ3) is 5.45. The first-order valence-electron chi connectivity index (χ1n) is 8.52. The molecule has 1 aromatic heterocycles. The van der Waals surface area contributed by atoms with Gasteiger partial charge in [0.1, 0.15) is 5.60 Å². The fourth-order valence-corrected chi connectivity index (χ4v) is 2.66. The zero-order chi connectivity index (χ0) is 18.7. The number of likely N-dealkylation sites (tertiary alicyclic amines) is 1. The van der Waals surface area contributed by atoms with Crippen molar-refractivity contribution in [2.75, 3.05) is 19.7 Å². The summed E-state index contributed by atoms with van der Waals surface area (Å²) in [4.78, 5) is 25.3. The van der Waals surface area contributed by atoms with Gasteiger partial charge < -0.3 is 19.5 Å². The molecular formula is C17H27N3O5. The lowest BCUT2D eigenvalue weighted by Crippen LogP contribution is -2.49. The first kappa shape index (κ1) is 19.2. The molecule has 0 unspecified atom stereocenters. The quantitative estimate of drug-likeness (QED) is 0.830. The van der Waals surface area contributed by atoms with E-state index in [0.717, 1.165) is 0 Å². The van der Waals surface area contributed by atoms with Gasteiger partial charge in [-0.05, 0) is 40.5 Å². The molecular weight excluding hydrogens is 326 g/mol. The van der Waals surface area contributed by atoms with Crippen molar-refractivity contribution in [1.29, 1.82) is 0 Å². The predicted molar refractivity (Wildman–Crippen MR) is 90.2 cm³/mol. The number of hydrogen-bond donors (Lipinski definition) is 1. The van der Waals surface area contributed by atoms with Crippen molar-refractivity contribution in [3.05, 3.63) is 18.0 Å². The maximum Gasteiger partial charge on any atom is 0.410 e. The molecule has 2 heterocycles. The van der Waals surface area contributed by atoms with Gasteiger partial charge in [0.2, 0.25) is 0 Å². The number of nitrogens with zero attached hydrogens (tertiary/aromatic N) is 3. The van der Waals surface area contributed by atoms with Gasteiger partial charge in [0, 0.05) is 19.3 Å². The lowest BCUT2D eigenvalue weighted by molar-refractivity contribution is -0.0432. The summed E-state index contributed by atoms with van der Waals surface area (Å²) >= 11 is 0. The van der Waals surface area contributed by atoms with Gasteiger partial charge in [-0.2, -0.15) is 5.10 Å².